The van der Waals surface area contributed by atoms with Crippen molar-refractivity contribution in [3.05, 3.63) is 45.6 Å². The van der Waals surface area contributed by atoms with E-state index in [1.807, 2.05) is 19.4 Å². The zero-order valence-electron chi connectivity index (χ0n) is 16.4. The van der Waals surface area contributed by atoms with Crippen molar-refractivity contribution >= 4 is 28.9 Å². The fraction of sp³-hybridized carbons (Fsp3) is 0.286. The second-order valence-electron chi connectivity index (χ2n) is 6.74. The van der Waals surface area contributed by atoms with Crippen LogP contribution in [0.15, 0.2) is 29.6 Å². The lowest BCUT2D eigenvalue weighted by atomic mass is 9.92. The van der Waals surface area contributed by atoms with E-state index in [2.05, 4.69) is 10.4 Å². The normalized spacial score (nSPS) is 12.1. The van der Waals surface area contributed by atoms with Crippen LogP contribution in [0.4, 0.5) is 5.69 Å². The Hall–Kier alpha value is -3.13. The van der Waals surface area contributed by atoms with Crippen LogP contribution in [0.3, 0.4) is 0 Å². The molecule has 0 saturated carbocycles. The molecule has 0 bridgehead atoms. The molecule has 1 aromatic carbocycles. The molecule has 8 heteroatoms. The number of carbonyl (C=O) groups excluding carboxylic acids is 2. The van der Waals surface area contributed by atoms with Gasteiger partial charge in [-0.3, -0.25) is 9.48 Å². The number of hydrogen-bond acceptors (Lipinski definition) is 6. The lowest BCUT2D eigenvalue weighted by Crippen LogP contribution is -2.10. The summed E-state index contributed by atoms with van der Waals surface area (Å²) in [6.45, 7) is 3.64. The van der Waals surface area contributed by atoms with Gasteiger partial charge in [-0.15, -0.1) is 16.4 Å². The highest BCUT2D eigenvalue weighted by Gasteiger charge is 2.30. The first-order valence-electron chi connectivity index (χ1n) is 9.37. The number of anilines is 1. The first-order chi connectivity index (χ1) is 14.0. The van der Waals surface area contributed by atoms with E-state index in [9.17, 15) is 9.59 Å². The average Bonchev–Trinajstić information content (AvgIpc) is 3.24. The van der Waals surface area contributed by atoms with E-state index in [1.165, 1.54) is 18.3 Å². The molecule has 150 valence electrons. The number of nitrogens with one attached hydrogen (secondary N) is 1. The van der Waals surface area contributed by atoms with Gasteiger partial charge < -0.3 is 14.8 Å². The van der Waals surface area contributed by atoms with Crippen LogP contribution >= 0.6 is 11.3 Å². The van der Waals surface area contributed by atoms with Gasteiger partial charge in [-0.05, 0) is 49.6 Å². The number of ether oxygens (including phenoxy) is 2. The summed E-state index contributed by atoms with van der Waals surface area (Å²) in [5.74, 6) is 0.818. The van der Waals surface area contributed by atoms with E-state index in [-0.39, 0.29) is 11.9 Å². The fourth-order valence-electron chi connectivity index (χ4n) is 3.56. The molecule has 29 heavy (non-hydrogen) atoms. The van der Waals surface area contributed by atoms with Gasteiger partial charge in [0.2, 0.25) is 11.8 Å². The number of carbonyl (C=O) groups is 2. The first-order valence-corrected chi connectivity index (χ1v) is 10.2. The molecule has 4 rings (SSSR count). The molecule has 1 aliphatic rings. The quantitative estimate of drug-likeness (QED) is 0.637. The van der Waals surface area contributed by atoms with E-state index in [0.717, 1.165) is 35.2 Å². The van der Waals surface area contributed by atoms with E-state index in [4.69, 9.17) is 9.47 Å². The third-order valence-corrected chi connectivity index (χ3v) is 5.73. The van der Waals surface area contributed by atoms with Crippen molar-refractivity contribution in [3.63, 3.8) is 0 Å². The maximum atomic E-state index is 12.2. The number of amides is 1. The summed E-state index contributed by atoms with van der Waals surface area (Å²) in [6, 6.07) is 7.16. The minimum absolute atomic E-state index is 0.119. The smallest absolute Gasteiger partial charge is 0.348 e. The lowest BCUT2D eigenvalue weighted by Gasteiger charge is -2.15. The average molecular weight is 411 g/mol. The van der Waals surface area contributed by atoms with E-state index < -0.39 is 0 Å². The molecule has 1 aliphatic carbocycles. The SMILES string of the molecule is CCOC(=O)c1scc2c1CCc1c(Oc3ccc(NC(C)=O)cc3)nn(C)c1-2. The Morgan fingerprint density at radius 1 is 1.21 bits per heavy atom. The minimum atomic E-state index is -0.264. The molecular formula is C21H21N3O4S. The van der Waals surface area contributed by atoms with Gasteiger partial charge in [0, 0.05) is 36.2 Å². The second-order valence-corrected chi connectivity index (χ2v) is 7.62. The Labute approximate surface area is 172 Å². The van der Waals surface area contributed by atoms with Gasteiger partial charge in [0.05, 0.1) is 12.3 Å². The number of benzene rings is 1. The van der Waals surface area contributed by atoms with Crippen LogP contribution in [-0.4, -0.2) is 28.3 Å². The van der Waals surface area contributed by atoms with Crippen molar-refractivity contribution in [1.82, 2.24) is 9.78 Å². The predicted molar refractivity (Wildman–Crippen MR) is 111 cm³/mol. The van der Waals surface area contributed by atoms with Gasteiger partial charge in [-0.1, -0.05) is 0 Å². The van der Waals surface area contributed by atoms with Crippen LogP contribution in [0.25, 0.3) is 11.3 Å². The van der Waals surface area contributed by atoms with E-state index in [1.54, 1.807) is 28.9 Å². The number of thiophene rings is 1. The molecule has 0 aliphatic heterocycles. The van der Waals surface area contributed by atoms with Gasteiger partial charge in [0.25, 0.3) is 0 Å². The summed E-state index contributed by atoms with van der Waals surface area (Å²) in [5, 5.41) is 9.28. The topological polar surface area (TPSA) is 82.4 Å². The van der Waals surface area contributed by atoms with Crippen molar-refractivity contribution in [3.8, 4) is 22.9 Å². The monoisotopic (exact) mass is 411 g/mol. The van der Waals surface area contributed by atoms with Crippen LogP contribution in [0, 0.1) is 0 Å². The molecule has 0 unspecified atom stereocenters. The third kappa shape index (κ3) is 3.63. The Kier molecular flexibility index (Phi) is 5.10. The van der Waals surface area contributed by atoms with Crippen LogP contribution in [-0.2, 0) is 29.4 Å². The highest BCUT2D eigenvalue weighted by Crippen LogP contribution is 2.43. The fourth-order valence-corrected chi connectivity index (χ4v) is 4.55. The van der Waals surface area contributed by atoms with Crippen LogP contribution in [0.5, 0.6) is 11.6 Å². The summed E-state index contributed by atoms with van der Waals surface area (Å²) in [7, 11) is 1.88. The second kappa shape index (κ2) is 7.71. The first kappa shape index (κ1) is 19.2. The van der Waals surface area contributed by atoms with E-state index >= 15 is 0 Å². The molecule has 1 N–H and O–H groups in total. The highest BCUT2D eigenvalue weighted by atomic mass is 32.1. The Morgan fingerprint density at radius 3 is 2.62 bits per heavy atom. The van der Waals surface area contributed by atoms with E-state index in [0.29, 0.717) is 28.8 Å². The minimum Gasteiger partial charge on any atom is -0.462 e. The molecule has 0 saturated heterocycles. The molecular weight excluding hydrogens is 390 g/mol. The van der Waals surface area contributed by atoms with Crippen molar-refractivity contribution in [1.29, 1.82) is 0 Å². The predicted octanol–water partition coefficient (Wildman–Crippen LogP) is 4.17. The molecule has 0 atom stereocenters. The Bertz CT molecular complexity index is 1080. The number of fused-ring (bicyclic) bond motifs is 3. The number of hydrogen-bond donors (Lipinski definition) is 1. The molecule has 0 fully saturated rings. The van der Waals surface area contributed by atoms with Gasteiger partial charge in [0.15, 0.2) is 0 Å². The molecule has 3 aromatic rings. The maximum absolute atomic E-state index is 12.2. The van der Waals surface area contributed by atoms with Crippen molar-refractivity contribution < 1.29 is 19.1 Å². The highest BCUT2D eigenvalue weighted by molar-refractivity contribution is 7.12. The summed E-state index contributed by atoms with van der Waals surface area (Å²) < 4.78 is 13.0. The Morgan fingerprint density at radius 2 is 1.93 bits per heavy atom. The van der Waals surface area contributed by atoms with Gasteiger partial charge in [-0.25, -0.2) is 4.79 Å². The summed E-state index contributed by atoms with van der Waals surface area (Å²) >= 11 is 1.41. The zero-order valence-corrected chi connectivity index (χ0v) is 17.3. The maximum Gasteiger partial charge on any atom is 0.348 e. The number of rotatable bonds is 5. The molecule has 0 radical (unpaired) electrons. The molecule has 2 heterocycles. The standard InChI is InChI=1S/C21H21N3O4S/c1-4-27-21(26)19-15-9-10-16-18(17(15)11-29-19)24(3)23-20(16)28-14-7-5-13(6-8-14)22-12(2)25/h5-8,11H,4,9-10H2,1-3H3,(H,22,25). The number of nitrogens with zero attached hydrogens (tertiary/aromatic N) is 2. The molecule has 0 spiro atoms. The zero-order chi connectivity index (χ0) is 20.5. The van der Waals surface area contributed by atoms with Gasteiger partial charge in [0.1, 0.15) is 10.6 Å². The summed E-state index contributed by atoms with van der Waals surface area (Å²) in [5.41, 5.74) is 4.75. The lowest BCUT2D eigenvalue weighted by molar-refractivity contribution is -0.114. The summed E-state index contributed by atoms with van der Waals surface area (Å²) in [4.78, 5) is 24.1. The van der Waals surface area contributed by atoms with Crippen molar-refractivity contribution in [2.24, 2.45) is 7.05 Å². The largest absolute Gasteiger partial charge is 0.462 e. The van der Waals surface area contributed by atoms with Gasteiger partial charge in [-0.2, -0.15) is 0 Å². The third-order valence-electron chi connectivity index (χ3n) is 4.73. The van der Waals surface area contributed by atoms with Crippen molar-refractivity contribution in [2.45, 2.75) is 26.7 Å². The summed E-state index contributed by atoms with van der Waals surface area (Å²) in [6.07, 6.45) is 1.47. The molecule has 1 amide bonds. The molecule has 7 nitrogen and oxygen atoms in total. The number of esters is 1. The number of aryl methyl sites for hydroxylation is 1. The Balaban J connectivity index is 1.62. The van der Waals surface area contributed by atoms with Crippen LogP contribution in [0.1, 0.15) is 34.6 Å². The molecule has 2 aromatic heterocycles. The van der Waals surface area contributed by atoms with Gasteiger partial charge >= 0.3 is 5.97 Å². The van der Waals surface area contributed by atoms with Crippen molar-refractivity contribution in [2.75, 3.05) is 11.9 Å². The van der Waals surface area contributed by atoms with Crippen LogP contribution < -0.4 is 10.1 Å². The van der Waals surface area contributed by atoms with Crippen LogP contribution in [0.2, 0.25) is 0 Å². The number of aromatic nitrogens is 2.